The molecule has 0 amide bonds. The second-order valence-electron chi connectivity index (χ2n) is 6.42. The summed E-state index contributed by atoms with van der Waals surface area (Å²) in [7, 11) is 0. The highest BCUT2D eigenvalue weighted by molar-refractivity contribution is 5.95. The summed E-state index contributed by atoms with van der Waals surface area (Å²) in [4.78, 5) is 12.2. The van der Waals surface area contributed by atoms with E-state index < -0.39 is 5.60 Å². The van der Waals surface area contributed by atoms with E-state index in [4.69, 9.17) is 0 Å². The molecule has 0 heterocycles. The number of hydrogen-bond donors (Lipinski definition) is 1. The van der Waals surface area contributed by atoms with Gasteiger partial charge in [-0.15, -0.1) is 0 Å². The van der Waals surface area contributed by atoms with Crippen LogP contribution >= 0.6 is 0 Å². The van der Waals surface area contributed by atoms with Gasteiger partial charge in [-0.1, -0.05) is 33.3 Å². The van der Waals surface area contributed by atoms with E-state index in [0.717, 1.165) is 19.3 Å². The lowest BCUT2D eigenvalue weighted by Gasteiger charge is -2.36. The van der Waals surface area contributed by atoms with Gasteiger partial charge in [0.25, 0.3) is 0 Å². The smallest absolute Gasteiger partial charge is 0.161 e. The van der Waals surface area contributed by atoms with Crippen LogP contribution in [0.15, 0.2) is 12.2 Å². The van der Waals surface area contributed by atoms with E-state index in [1.807, 2.05) is 0 Å². The molecule has 92 valence electrons. The number of ketones is 1. The number of rotatable bonds is 3. The molecule has 1 N–H and O–H groups in total. The molecule has 0 aromatic heterocycles. The van der Waals surface area contributed by atoms with Crippen LogP contribution in [-0.2, 0) is 4.79 Å². The summed E-state index contributed by atoms with van der Waals surface area (Å²) in [6, 6.07) is 0. The zero-order valence-electron chi connectivity index (χ0n) is 11.1. The van der Waals surface area contributed by atoms with Gasteiger partial charge in [-0.3, -0.25) is 4.79 Å². The Hall–Kier alpha value is -0.630. The minimum absolute atomic E-state index is 0.0635. The third-order valence-electron chi connectivity index (χ3n) is 4.16. The number of aliphatic hydroxyl groups is 1. The van der Waals surface area contributed by atoms with Crippen molar-refractivity contribution in [1.82, 2.24) is 0 Å². The van der Waals surface area contributed by atoms with Crippen molar-refractivity contribution in [3.8, 4) is 0 Å². The van der Waals surface area contributed by atoms with Crippen LogP contribution in [-0.4, -0.2) is 16.5 Å². The summed E-state index contributed by atoms with van der Waals surface area (Å²) >= 11 is 0. The topological polar surface area (TPSA) is 37.3 Å². The SMILES string of the molecule is CC(C)(O)/C=C/C(=O)[C@]1(C)CCCC1(C)C. The molecular weight excluding hydrogens is 200 g/mol. The Labute approximate surface area is 98.7 Å². The molecule has 16 heavy (non-hydrogen) atoms. The van der Waals surface area contributed by atoms with Crippen molar-refractivity contribution in [1.29, 1.82) is 0 Å². The minimum Gasteiger partial charge on any atom is -0.386 e. The number of hydrogen-bond acceptors (Lipinski definition) is 2. The molecule has 1 rings (SSSR count). The predicted molar refractivity (Wildman–Crippen MR) is 66.2 cm³/mol. The second kappa shape index (κ2) is 3.99. The summed E-state index contributed by atoms with van der Waals surface area (Å²) in [5, 5.41) is 9.58. The van der Waals surface area contributed by atoms with E-state index in [0.29, 0.717) is 0 Å². The molecule has 1 fully saturated rings. The Kier molecular flexibility index (Phi) is 3.35. The van der Waals surface area contributed by atoms with Gasteiger partial charge in [-0.25, -0.2) is 0 Å². The van der Waals surface area contributed by atoms with Gasteiger partial charge in [0.2, 0.25) is 0 Å². The summed E-state index contributed by atoms with van der Waals surface area (Å²) < 4.78 is 0. The number of carbonyl (C=O) groups is 1. The Morgan fingerprint density at radius 1 is 1.25 bits per heavy atom. The van der Waals surface area contributed by atoms with Gasteiger partial charge in [0.05, 0.1) is 5.60 Å². The van der Waals surface area contributed by atoms with Crippen molar-refractivity contribution in [2.24, 2.45) is 10.8 Å². The first-order chi connectivity index (χ1) is 7.08. The Morgan fingerprint density at radius 2 is 1.81 bits per heavy atom. The molecule has 0 aromatic rings. The molecule has 1 saturated carbocycles. The summed E-state index contributed by atoms with van der Waals surface area (Å²) in [6.07, 6.45) is 6.33. The maximum Gasteiger partial charge on any atom is 0.161 e. The van der Waals surface area contributed by atoms with Gasteiger partial charge < -0.3 is 5.11 Å². The fourth-order valence-electron chi connectivity index (χ4n) is 2.42. The Bertz CT molecular complexity index is 307. The van der Waals surface area contributed by atoms with E-state index in [-0.39, 0.29) is 16.6 Å². The molecule has 2 heteroatoms. The van der Waals surface area contributed by atoms with Crippen LogP contribution in [0.1, 0.15) is 53.9 Å². The van der Waals surface area contributed by atoms with Crippen molar-refractivity contribution >= 4 is 5.78 Å². The van der Waals surface area contributed by atoms with Crippen molar-refractivity contribution in [3.05, 3.63) is 12.2 Å². The molecule has 0 saturated heterocycles. The fourth-order valence-corrected chi connectivity index (χ4v) is 2.42. The van der Waals surface area contributed by atoms with Crippen LogP contribution < -0.4 is 0 Å². The van der Waals surface area contributed by atoms with E-state index in [9.17, 15) is 9.90 Å². The summed E-state index contributed by atoms with van der Waals surface area (Å²) in [6.45, 7) is 9.74. The predicted octanol–water partition coefficient (Wildman–Crippen LogP) is 3.10. The van der Waals surface area contributed by atoms with Crippen LogP contribution in [0.2, 0.25) is 0 Å². The first-order valence-corrected chi connectivity index (χ1v) is 6.05. The van der Waals surface area contributed by atoms with Crippen molar-refractivity contribution < 1.29 is 9.90 Å². The van der Waals surface area contributed by atoms with Crippen LogP contribution in [0.5, 0.6) is 0 Å². The van der Waals surface area contributed by atoms with Crippen LogP contribution in [0.25, 0.3) is 0 Å². The van der Waals surface area contributed by atoms with Crippen molar-refractivity contribution in [2.75, 3.05) is 0 Å². The monoisotopic (exact) mass is 224 g/mol. The molecule has 1 aliphatic carbocycles. The van der Waals surface area contributed by atoms with Crippen LogP contribution in [0.3, 0.4) is 0 Å². The van der Waals surface area contributed by atoms with E-state index >= 15 is 0 Å². The normalized spacial score (nSPS) is 29.9. The molecule has 0 unspecified atom stereocenters. The molecule has 0 bridgehead atoms. The molecule has 0 radical (unpaired) electrons. The van der Waals surface area contributed by atoms with Gasteiger partial charge in [0.1, 0.15) is 0 Å². The molecule has 2 nitrogen and oxygen atoms in total. The minimum atomic E-state index is -0.908. The van der Waals surface area contributed by atoms with E-state index in [1.165, 1.54) is 0 Å². The first kappa shape index (κ1) is 13.4. The zero-order chi connectivity index (χ0) is 12.6. The molecule has 1 aliphatic rings. The third kappa shape index (κ3) is 2.54. The Balaban J connectivity index is 2.86. The lowest BCUT2D eigenvalue weighted by molar-refractivity contribution is -0.127. The maximum absolute atomic E-state index is 12.2. The number of carbonyl (C=O) groups excluding carboxylic acids is 1. The number of allylic oxidation sites excluding steroid dienone is 1. The van der Waals surface area contributed by atoms with Crippen LogP contribution in [0, 0.1) is 10.8 Å². The molecular formula is C14H24O2. The standard InChI is InChI=1S/C14H24O2/c1-12(2)8-6-9-14(12,5)11(15)7-10-13(3,4)16/h7,10,16H,6,8-9H2,1-5H3/b10-7+/t14-/m0/s1. The van der Waals surface area contributed by atoms with Gasteiger partial charge in [0.15, 0.2) is 5.78 Å². The lowest BCUT2D eigenvalue weighted by atomic mass is 9.66. The Morgan fingerprint density at radius 3 is 2.19 bits per heavy atom. The van der Waals surface area contributed by atoms with Crippen LogP contribution in [0.4, 0.5) is 0 Å². The molecule has 0 aliphatic heterocycles. The maximum atomic E-state index is 12.2. The average molecular weight is 224 g/mol. The first-order valence-electron chi connectivity index (χ1n) is 6.05. The fraction of sp³-hybridized carbons (Fsp3) is 0.786. The summed E-state index contributed by atoms with van der Waals surface area (Å²) in [5.74, 6) is 0.150. The van der Waals surface area contributed by atoms with Gasteiger partial charge in [-0.05, 0) is 38.2 Å². The zero-order valence-corrected chi connectivity index (χ0v) is 11.1. The average Bonchev–Trinajstić information content (AvgIpc) is 2.37. The highest BCUT2D eigenvalue weighted by atomic mass is 16.3. The quantitative estimate of drug-likeness (QED) is 0.748. The van der Waals surface area contributed by atoms with E-state index in [2.05, 4.69) is 20.8 Å². The summed E-state index contributed by atoms with van der Waals surface area (Å²) in [5.41, 5.74) is -1.11. The van der Waals surface area contributed by atoms with Crippen molar-refractivity contribution in [3.63, 3.8) is 0 Å². The highest BCUT2D eigenvalue weighted by Crippen LogP contribution is 2.53. The van der Waals surface area contributed by atoms with Gasteiger partial charge in [-0.2, -0.15) is 0 Å². The largest absolute Gasteiger partial charge is 0.386 e. The van der Waals surface area contributed by atoms with E-state index in [1.54, 1.807) is 26.0 Å². The van der Waals surface area contributed by atoms with Gasteiger partial charge >= 0.3 is 0 Å². The molecule has 0 aromatic carbocycles. The molecule has 0 spiro atoms. The lowest BCUT2D eigenvalue weighted by Crippen LogP contribution is -2.37. The van der Waals surface area contributed by atoms with Crippen molar-refractivity contribution in [2.45, 2.75) is 59.5 Å². The van der Waals surface area contributed by atoms with Gasteiger partial charge in [0, 0.05) is 5.41 Å². The highest BCUT2D eigenvalue weighted by Gasteiger charge is 2.49. The molecule has 1 atom stereocenters. The second-order valence-corrected chi connectivity index (χ2v) is 6.42. The third-order valence-corrected chi connectivity index (χ3v) is 4.16.